The van der Waals surface area contributed by atoms with Gasteiger partial charge in [-0.2, -0.15) is 0 Å². The summed E-state index contributed by atoms with van der Waals surface area (Å²) in [5.74, 6) is -1.90. The third-order valence-electron chi connectivity index (χ3n) is 3.48. The number of carboxylic acids is 2. The van der Waals surface area contributed by atoms with Gasteiger partial charge >= 0.3 is 11.9 Å². The van der Waals surface area contributed by atoms with Crippen LogP contribution in [-0.2, 0) is 16.0 Å². The number of hydrogen-bond donors (Lipinski definition) is 2. The molecule has 0 bridgehead atoms. The Labute approximate surface area is 125 Å². The quantitative estimate of drug-likeness (QED) is 0.732. The third kappa shape index (κ3) is 5.45. The van der Waals surface area contributed by atoms with Crippen LogP contribution in [0, 0.1) is 0 Å². The number of nitrogens with zero attached hydrogens (tertiary/aromatic N) is 1. The molecule has 1 rings (SSSR count). The van der Waals surface area contributed by atoms with Gasteiger partial charge in [0.15, 0.2) is 0 Å². The highest BCUT2D eigenvalue weighted by Gasteiger charge is 2.21. The van der Waals surface area contributed by atoms with E-state index in [-0.39, 0.29) is 13.0 Å². The first-order valence-corrected chi connectivity index (χ1v) is 7.26. The molecular weight excluding hydrogens is 270 g/mol. The van der Waals surface area contributed by atoms with Gasteiger partial charge in [-0.3, -0.25) is 4.79 Å². The molecule has 1 atom stereocenters. The Morgan fingerprint density at radius 3 is 2.29 bits per heavy atom. The molecule has 0 aliphatic rings. The predicted octanol–water partition coefficient (Wildman–Crippen LogP) is 2.78. The summed E-state index contributed by atoms with van der Waals surface area (Å²) in [6, 6.07) is 6.94. The number of unbranched alkanes of at least 4 members (excludes halogenated alkanes) is 1. The maximum Gasteiger partial charge on any atom is 0.326 e. The van der Waals surface area contributed by atoms with Crippen molar-refractivity contribution in [3.63, 3.8) is 0 Å². The molecule has 0 saturated carbocycles. The number of anilines is 1. The minimum atomic E-state index is -0.963. The Morgan fingerprint density at radius 2 is 1.81 bits per heavy atom. The van der Waals surface area contributed by atoms with Gasteiger partial charge in [-0.25, -0.2) is 4.79 Å². The summed E-state index contributed by atoms with van der Waals surface area (Å²) in [7, 11) is 0. The number of aliphatic carboxylic acids is 2. The molecule has 0 aliphatic carbocycles. The maximum atomic E-state index is 11.2. The van der Waals surface area contributed by atoms with Crippen molar-refractivity contribution in [3.8, 4) is 0 Å². The van der Waals surface area contributed by atoms with Crippen molar-refractivity contribution < 1.29 is 19.8 Å². The molecule has 0 aliphatic heterocycles. The van der Waals surface area contributed by atoms with Crippen molar-refractivity contribution >= 4 is 17.6 Å². The first kappa shape index (κ1) is 17.0. The minimum Gasteiger partial charge on any atom is -0.481 e. The van der Waals surface area contributed by atoms with Gasteiger partial charge < -0.3 is 15.1 Å². The highest BCUT2D eigenvalue weighted by molar-refractivity contribution is 5.78. The van der Waals surface area contributed by atoms with E-state index in [1.807, 2.05) is 24.3 Å². The Kier molecular flexibility index (Phi) is 6.72. The summed E-state index contributed by atoms with van der Waals surface area (Å²) >= 11 is 0. The van der Waals surface area contributed by atoms with Gasteiger partial charge in [0.2, 0.25) is 0 Å². The molecule has 0 heterocycles. The molecule has 5 heteroatoms. The highest BCUT2D eigenvalue weighted by Crippen LogP contribution is 2.19. The van der Waals surface area contributed by atoms with Crippen molar-refractivity contribution in [1.82, 2.24) is 0 Å². The number of carboxylic acid groups (broad SMARTS) is 2. The zero-order valence-corrected chi connectivity index (χ0v) is 12.6. The largest absolute Gasteiger partial charge is 0.481 e. The van der Waals surface area contributed by atoms with E-state index in [1.54, 1.807) is 11.8 Å². The van der Waals surface area contributed by atoms with Crippen LogP contribution < -0.4 is 4.90 Å². The SMILES string of the molecule is CCCCc1ccc(N(CCC(=O)O)C(C)C(=O)O)cc1. The summed E-state index contributed by atoms with van der Waals surface area (Å²) in [6.45, 7) is 3.88. The molecule has 1 unspecified atom stereocenters. The van der Waals surface area contributed by atoms with Crippen LogP contribution in [0.15, 0.2) is 24.3 Å². The second-order valence-electron chi connectivity index (χ2n) is 5.12. The fourth-order valence-corrected chi connectivity index (χ4v) is 2.13. The summed E-state index contributed by atoms with van der Waals surface area (Å²) in [5.41, 5.74) is 1.95. The lowest BCUT2D eigenvalue weighted by Gasteiger charge is -2.28. The highest BCUT2D eigenvalue weighted by atomic mass is 16.4. The Hall–Kier alpha value is -2.04. The Balaban J connectivity index is 2.86. The van der Waals surface area contributed by atoms with Crippen LogP contribution >= 0.6 is 0 Å². The average Bonchev–Trinajstić information content (AvgIpc) is 2.45. The third-order valence-corrected chi connectivity index (χ3v) is 3.48. The van der Waals surface area contributed by atoms with Crippen LogP contribution in [0.2, 0.25) is 0 Å². The van der Waals surface area contributed by atoms with Crippen LogP contribution in [0.25, 0.3) is 0 Å². The van der Waals surface area contributed by atoms with E-state index in [4.69, 9.17) is 10.2 Å². The molecule has 2 N–H and O–H groups in total. The summed E-state index contributed by atoms with van der Waals surface area (Å²) in [5, 5.41) is 18.0. The van der Waals surface area contributed by atoms with E-state index >= 15 is 0 Å². The van der Waals surface area contributed by atoms with Gasteiger partial charge in [0, 0.05) is 12.2 Å². The first-order valence-electron chi connectivity index (χ1n) is 7.26. The molecule has 0 saturated heterocycles. The first-order chi connectivity index (χ1) is 9.95. The normalized spacial score (nSPS) is 11.9. The van der Waals surface area contributed by atoms with Crippen molar-refractivity contribution in [2.45, 2.75) is 45.6 Å². The summed E-state index contributed by atoms with van der Waals surface area (Å²) in [4.78, 5) is 23.5. The van der Waals surface area contributed by atoms with E-state index in [1.165, 1.54) is 5.56 Å². The Bertz CT molecular complexity index is 470. The fraction of sp³-hybridized carbons (Fsp3) is 0.500. The van der Waals surface area contributed by atoms with Gasteiger partial charge in [-0.15, -0.1) is 0 Å². The van der Waals surface area contributed by atoms with E-state index in [9.17, 15) is 9.59 Å². The molecule has 21 heavy (non-hydrogen) atoms. The molecule has 1 aromatic rings. The minimum absolute atomic E-state index is 0.0881. The predicted molar refractivity (Wildman–Crippen MR) is 81.8 cm³/mol. The van der Waals surface area contributed by atoms with Crippen LogP contribution in [0.3, 0.4) is 0 Å². The van der Waals surface area contributed by atoms with Crippen LogP contribution in [0.4, 0.5) is 5.69 Å². The van der Waals surface area contributed by atoms with Gasteiger partial charge in [0.1, 0.15) is 6.04 Å². The average molecular weight is 293 g/mol. The molecule has 1 aromatic carbocycles. The van der Waals surface area contributed by atoms with Crippen molar-refractivity contribution in [2.24, 2.45) is 0 Å². The van der Waals surface area contributed by atoms with Gasteiger partial charge in [-0.05, 0) is 37.5 Å². The number of rotatable bonds is 9. The second-order valence-corrected chi connectivity index (χ2v) is 5.12. The smallest absolute Gasteiger partial charge is 0.326 e. The molecule has 5 nitrogen and oxygen atoms in total. The Morgan fingerprint density at radius 1 is 1.19 bits per heavy atom. The molecule has 0 amide bonds. The second kappa shape index (κ2) is 8.29. The summed E-state index contributed by atoms with van der Waals surface area (Å²) < 4.78 is 0. The van der Waals surface area contributed by atoms with E-state index in [2.05, 4.69) is 6.92 Å². The maximum absolute atomic E-state index is 11.2. The standard InChI is InChI=1S/C16H23NO4/c1-3-4-5-13-6-8-14(9-7-13)17(11-10-15(18)19)12(2)16(20)21/h6-9,12H,3-5,10-11H2,1-2H3,(H,18,19)(H,20,21). The lowest BCUT2D eigenvalue weighted by molar-refractivity contribution is -0.139. The topological polar surface area (TPSA) is 77.8 Å². The summed E-state index contributed by atoms with van der Waals surface area (Å²) in [6.07, 6.45) is 3.16. The van der Waals surface area contributed by atoms with Crippen LogP contribution in [0.1, 0.15) is 38.7 Å². The van der Waals surface area contributed by atoms with Gasteiger partial charge in [0.25, 0.3) is 0 Å². The number of carbonyl (C=O) groups is 2. The van der Waals surface area contributed by atoms with E-state index < -0.39 is 18.0 Å². The van der Waals surface area contributed by atoms with E-state index in [0.29, 0.717) is 0 Å². The van der Waals surface area contributed by atoms with Gasteiger partial charge in [-0.1, -0.05) is 25.5 Å². The van der Waals surface area contributed by atoms with Crippen molar-refractivity contribution in [1.29, 1.82) is 0 Å². The van der Waals surface area contributed by atoms with Crippen molar-refractivity contribution in [3.05, 3.63) is 29.8 Å². The molecule has 0 aromatic heterocycles. The number of benzene rings is 1. The monoisotopic (exact) mass is 293 g/mol. The van der Waals surface area contributed by atoms with E-state index in [0.717, 1.165) is 24.9 Å². The molecular formula is C16H23NO4. The molecule has 0 fully saturated rings. The molecule has 0 radical (unpaired) electrons. The molecule has 116 valence electrons. The van der Waals surface area contributed by atoms with Crippen LogP contribution in [-0.4, -0.2) is 34.7 Å². The zero-order chi connectivity index (χ0) is 15.8. The van der Waals surface area contributed by atoms with Gasteiger partial charge in [0.05, 0.1) is 6.42 Å². The fourth-order valence-electron chi connectivity index (χ4n) is 2.13. The zero-order valence-electron chi connectivity index (χ0n) is 12.6. The van der Waals surface area contributed by atoms with Crippen LogP contribution in [0.5, 0.6) is 0 Å². The number of aryl methyl sites for hydroxylation is 1. The molecule has 0 spiro atoms. The van der Waals surface area contributed by atoms with Crippen molar-refractivity contribution in [2.75, 3.05) is 11.4 Å². The lowest BCUT2D eigenvalue weighted by Crippen LogP contribution is -2.40. The lowest BCUT2D eigenvalue weighted by atomic mass is 10.1. The number of hydrogen-bond acceptors (Lipinski definition) is 3.